The van der Waals surface area contributed by atoms with Gasteiger partial charge in [0.15, 0.2) is 5.75 Å². The van der Waals surface area contributed by atoms with Crippen molar-refractivity contribution < 1.29 is 9.66 Å². The number of para-hydroxylation sites is 2. The molecule has 1 fully saturated rings. The Morgan fingerprint density at radius 1 is 1.41 bits per heavy atom. The number of nitro benzene ring substituents is 1. The van der Waals surface area contributed by atoms with Crippen LogP contribution in [-0.4, -0.2) is 24.1 Å². The lowest BCUT2D eigenvalue weighted by molar-refractivity contribution is -0.385. The number of rotatable bonds is 7. The van der Waals surface area contributed by atoms with Crippen LogP contribution >= 0.6 is 0 Å². The van der Waals surface area contributed by atoms with Gasteiger partial charge in [0.25, 0.3) is 0 Å². The van der Waals surface area contributed by atoms with Crippen molar-refractivity contribution in [3.63, 3.8) is 0 Å². The second-order valence-electron chi connectivity index (χ2n) is 4.16. The quantitative estimate of drug-likeness (QED) is 0.447. The molecule has 0 spiro atoms. The third kappa shape index (κ3) is 3.71. The summed E-state index contributed by atoms with van der Waals surface area (Å²) in [6, 6.07) is 7.16. The van der Waals surface area contributed by atoms with Crippen LogP contribution in [0.2, 0.25) is 0 Å². The Bertz CT molecular complexity index is 391. The molecule has 0 unspecified atom stereocenters. The fraction of sp³-hybridized carbons (Fsp3) is 0.500. The van der Waals surface area contributed by atoms with Gasteiger partial charge in [0.05, 0.1) is 11.5 Å². The molecule has 0 amide bonds. The molecule has 0 aliphatic heterocycles. The molecule has 0 saturated heterocycles. The van der Waals surface area contributed by atoms with Crippen LogP contribution in [0.25, 0.3) is 0 Å². The van der Waals surface area contributed by atoms with Gasteiger partial charge in [0.1, 0.15) is 0 Å². The molecule has 0 bridgehead atoms. The molecule has 2 rings (SSSR count). The van der Waals surface area contributed by atoms with Crippen LogP contribution in [0.5, 0.6) is 5.75 Å². The van der Waals surface area contributed by atoms with E-state index in [9.17, 15) is 10.1 Å². The van der Waals surface area contributed by atoms with Gasteiger partial charge in [-0.05, 0) is 31.9 Å². The van der Waals surface area contributed by atoms with Crippen molar-refractivity contribution >= 4 is 5.69 Å². The van der Waals surface area contributed by atoms with E-state index < -0.39 is 4.92 Å². The van der Waals surface area contributed by atoms with Gasteiger partial charge in [-0.2, -0.15) is 0 Å². The predicted octanol–water partition coefficient (Wildman–Crippen LogP) is 2.12. The molecule has 1 aromatic rings. The SMILES string of the molecule is O=[N+]([O-])c1ccccc1OCCCNC1CC1. The summed E-state index contributed by atoms with van der Waals surface area (Å²) in [5, 5.41) is 14.1. The Morgan fingerprint density at radius 2 is 2.18 bits per heavy atom. The molecule has 17 heavy (non-hydrogen) atoms. The van der Waals surface area contributed by atoms with E-state index in [1.807, 2.05) is 0 Å². The van der Waals surface area contributed by atoms with Gasteiger partial charge < -0.3 is 10.1 Å². The van der Waals surface area contributed by atoms with Crippen LogP contribution in [0.15, 0.2) is 24.3 Å². The first-order chi connectivity index (χ1) is 8.27. The zero-order chi connectivity index (χ0) is 12.1. The molecule has 92 valence electrons. The smallest absolute Gasteiger partial charge is 0.310 e. The number of nitrogens with zero attached hydrogens (tertiary/aromatic N) is 1. The molecule has 0 radical (unpaired) electrons. The first kappa shape index (κ1) is 11.9. The van der Waals surface area contributed by atoms with Crippen molar-refractivity contribution in [2.24, 2.45) is 0 Å². The van der Waals surface area contributed by atoms with Crippen LogP contribution < -0.4 is 10.1 Å². The maximum absolute atomic E-state index is 10.7. The van der Waals surface area contributed by atoms with E-state index in [-0.39, 0.29) is 5.69 Å². The van der Waals surface area contributed by atoms with Crippen molar-refractivity contribution in [2.75, 3.05) is 13.2 Å². The Labute approximate surface area is 99.9 Å². The number of ether oxygens (including phenoxy) is 1. The standard InChI is InChI=1S/C12H16N2O3/c15-14(16)11-4-1-2-5-12(11)17-9-3-8-13-10-6-7-10/h1-2,4-5,10,13H,3,6-9H2. The second kappa shape index (κ2) is 5.63. The van der Waals surface area contributed by atoms with Crippen LogP contribution in [0.1, 0.15) is 19.3 Å². The minimum Gasteiger partial charge on any atom is -0.487 e. The Kier molecular flexibility index (Phi) is 3.93. The number of hydrogen-bond donors (Lipinski definition) is 1. The highest BCUT2D eigenvalue weighted by molar-refractivity contribution is 5.45. The average molecular weight is 236 g/mol. The molecule has 0 atom stereocenters. The van der Waals surface area contributed by atoms with Gasteiger partial charge in [0, 0.05) is 12.1 Å². The summed E-state index contributed by atoms with van der Waals surface area (Å²) in [7, 11) is 0. The van der Waals surface area contributed by atoms with Crippen LogP contribution in [0, 0.1) is 10.1 Å². The topological polar surface area (TPSA) is 64.4 Å². The second-order valence-corrected chi connectivity index (χ2v) is 4.16. The molecular weight excluding hydrogens is 220 g/mol. The van der Waals surface area contributed by atoms with Gasteiger partial charge in [-0.25, -0.2) is 0 Å². The minimum atomic E-state index is -0.419. The van der Waals surface area contributed by atoms with Crippen LogP contribution in [0.4, 0.5) is 5.69 Å². The lowest BCUT2D eigenvalue weighted by atomic mass is 10.3. The molecule has 1 aliphatic rings. The summed E-state index contributed by atoms with van der Waals surface area (Å²) in [5.74, 6) is 0.351. The highest BCUT2D eigenvalue weighted by atomic mass is 16.6. The van der Waals surface area contributed by atoms with E-state index in [4.69, 9.17) is 4.74 Å². The molecule has 1 N–H and O–H groups in total. The van der Waals surface area contributed by atoms with Crippen molar-refractivity contribution in [1.82, 2.24) is 5.32 Å². The van der Waals surface area contributed by atoms with Crippen LogP contribution in [-0.2, 0) is 0 Å². The lowest BCUT2D eigenvalue weighted by Crippen LogP contribution is -2.19. The monoisotopic (exact) mass is 236 g/mol. The molecule has 5 nitrogen and oxygen atoms in total. The van der Waals surface area contributed by atoms with Crippen molar-refractivity contribution in [1.29, 1.82) is 0 Å². The van der Waals surface area contributed by atoms with E-state index in [1.165, 1.54) is 18.9 Å². The fourth-order valence-electron chi connectivity index (χ4n) is 1.58. The van der Waals surface area contributed by atoms with Gasteiger partial charge in [-0.1, -0.05) is 12.1 Å². The Morgan fingerprint density at radius 3 is 2.88 bits per heavy atom. The third-order valence-corrected chi connectivity index (χ3v) is 2.65. The van der Waals surface area contributed by atoms with E-state index in [1.54, 1.807) is 18.2 Å². The minimum absolute atomic E-state index is 0.0302. The maximum atomic E-state index is 10.7. The lowest BCUT2D eigenvalue weighted by Gasteiger charge is -2.06. The van der Waals surface area contributed by atoms with Gasteiger partial charge in [0.2, 0.25) is 0 Å². The molecule has 1 aliphatic carbocycles. The molecule has 5 heteroatoms. The first-order valence-corrected chi connectivity index (χ1v) is 5.87. The molecule has 1 saturated carbocycles. The zero-order valence-corrected chi connectivity index (χ0v) is 9.59. The van der Waals surface area contributed by atoms with E-state index >= 15 is 0 Å². The number of nitrogens with one attached hydrogen (secondary N) is 1. The van der Waals surface area contributed by atoms with Gasteiger partial charge in [-0.3, -0.25) is 10.1 Å². The fourth-order valence-corrected chi connectivity index (χ4v) is 1.58. The molecular formula is C12H16N2O3. The normalized spacial score (nSPS) is 14.6. The molecule has 1 aromatic carbocycles. The van der Waals surface area contributed by atoms with Crippen LogP contribution in [0.3, 0.4) is 0 Å². The first-order valence-electron chi connectivity index (χ1n) is 5.87. The zero-order valence-electron chi connectivity index (χ0n) is 9.59. The summed E-state index contributed by atoms with van der Waals surface area (Å²) >= 11 is 0. The summed E-state index contributed by atoms with van der Waals surface area (Å²) < 4.78 is 5.42. The summed E-state index contributed by atoms with van der Waals surface area (Å²) in [5.41, 5.74) is 0.0302. The van der Waals surface area contributed by atoms with Crippen molar-refractivity contribution in [3.05, 3.63) is 34.4 Å². The number of benzene rings is 1. The average Bonchev–Trinajstić information content (AvgIpc) is 3.13. The number of nitro groups is 1. The summed E-state index contributed by atoms with van der Waals surface area (Å²) in [4.78, 5) is 10.3. The van der Waals surface area contributed by atoms with Gasteiger partial charge >= 0.3 is 5.69 Å². The number of hydrogen-bond acceptors (Lipinski definition) is 4. The van der Waals surface area contributed by atoms with Crippen molar-refractivity contribution in [3.8, 4) is 5.75 Å². The van der Waals surface area contributed by atoms with Crippen molar-refractivity contribution in [2.45, 2.75) is 25.3 Å². The summed E-state index contributed by atoms with van der Waals surface area (Å²) in [6.45, 7) is 1.41. The Balaban J connectivity index is 1.75. The maximum Gasteiger partial charge on any atom is 0.310 e. The van der Waals surface area contributed by atoms with E-state index in [0.29, 0.717) is 18.4 Å². The van der Waals surface area contributed by atoms with Gasteiger partial charge in [-0.15, -0.1) is 0 Å². The summed E-state index contributed by atoms with van der Waals surface area (Å²) in [6.07, 6.45) is 3.40. The van der Waals surface area contributed by atoms with E-state index in [2.05, 4.69) is 5.32 Å². The highest BCUT2D eigenvalue weighted by Gasteiger charge is 2.19. The van der Waals surface area contributed by atoms with E-state index in [0.717, 1.165) is 13.0 Å². The largest absolute Gasteiger partial charge is 0.487 e. The Hall–Kier alpha value is -1.62. The third-order valence-electron chi connectivity index (χ3n) is 2.65. The predicted molar refractivity (Wildman–Crippen MR) is 64.2 cm³/mol. The molecule has 0 heterocycles. The molecule has 0 aromatic heterocycles. The highest BCUT2D eigenvalue weighted by Crippen LogP contribution is 2.25.